The monoisotopic (exact) mass is 233 g/mol. The van der Waals surface area contributed by atoms with E-state index in [4.69, 9.17) is 15.2 Å². The van der Waals surface area contributed by atoms with Crippen molar-refractivity contribution in [3.63, 3.8) is 0 Å². The third-order valence-corrected chi connectivity index (χ3v) is 2.43. The molecule has 0 amide bonds. The molecule has 1 heterocycles. The number of nitrogens with zero attached hydrogens (tertiary/aromatic N) is 2. The van der Waals surface area contributed by atoms with Gasteiger partial charge in [-0.1, -0.05) is 0 Å². The smallest absolute Gasteiger partial charge is 0.303 e. The highest BCUT2D eigenvalue weighted by Crippen LogP contribution is 2.24. The first kappa shape index (κ1) is 11.3. The number of nitrogens with two attached hydrogens (primary N) is 1. The van der Waals surface area contributed by atoms with Crippen LogP contribution in [0.4, 0.5) is 5.82 Å². The average Bonchev–Trinajstić information content (AvgIpc) is 2.71. The summed E-state index contributed by atoms with van der Waals surface area (Å²) in [5.41, 5.74) is 5.75. The van der Waals surface area contributed by atoms with Crippen LogP contribution in [0.15, 0.2) is 30.5 Å². The maximum atomic E-state index is 5.75. The van der Waals surface area contributed by atoms with Crippen molar-refractivity contribution in [1.29, 1.82) is 0 Å². The Kier molecular flexibility index (Phi) is 3.18. The van der Waals surface area contributed by atoms with Crippen LogP contribution in [0.3, 0.4) is 0 Å². The van der Waals surface area contributed by atoms with Crippen molar-refractivity contribution in [3.8, 4) is 17.5 Å². The largest absolute Gasteiger partial charge is 0.497 e. The Hall–Kier alpha value is -2.17. The van der Waals surface area contributed by atoms with Gasteiger partial charge in [0.15, 0.2) is 0 Å². The summed E-state index contributed by atoms with van der Waals surface area (Å²) in [6.07, 6.45) is 1.59. The molecule has 0 atom stereocenters. The zero-order valence-corrected chi connectivity index (χ0v) is 9.88. The number of hydrogen-bond acceptors (Lipinski definition) is 4. The molecule has 5 heteroatoms. The maximum absolute atomic E-state index is 5.75. The number of hydrogen-bond donors (Lipinski definition) is 1. The Bertz CT molecular complexity index is 491. The molecule has 0 aliphatic carbocycles. The van der Waals surface area contributed by atoms with E-state index in [1.807, 2.05) is 31.2 Å². The van der Waals surface area contributed by atoms with Gasteiger partial charge in [0, 0.05) is 6.54 Å². The van der Waals surface area contributed by atoms with E-state index < -0.39 is 0 Å². The number of aromatic nitrogens is 2. The minimum atomic E-state index is 0.496. The molecule has 2 rings (SSSR count). The molecule has 2 aromatic rings. The van der Waals surface area contributed by atoms with E-state index in [0.29, 0.717) is 17.6 Å². The second kappa shape index (κ2) is 4.78. The zero-order valence-electron chi connectivity index (χ0n) is 9.88. The maximum Gasteiger partial charge on any atom is 0.303 e. The molecular weight excluding hydrogens is 218 g/mol. The normalized spacial score (nSPS) is 10.2. The molecule has 0 aliphatic heterocycles. The second-order valence-corrected chi connectivity index (χ2v) is 3.49. The minimum Gasteiger partial charge on any atom is -0.497 e. The summed E-state index contributed by atoms with van der Waals surface area (Å²) in [6.45, 7) is 2.70. The molecule has 0 unspecified atom stereocenters. The Morgan fingerprint density at radius 3 is 2.47 bits per heavy atom. The summed E-state index contributed by atoms with van der Waals surface area (Å²) < 4.78 is 12.5. The second-order valence-electron chi connectivity index (χ2n) is 3.49. The van der Waals surface area contributed by atoms with E-state index in [9.17, 15) is 0 Å². The summed E-state index contributed by atoms with van der Waals surface area (Å²) in [7, 11) is 1.63. The van der Waals surface area contributed by atoms with Crippen LogP contribution in [-0.4, -0.2) is 16.7 Å². The molecule has 17 heavy (non-hydrogen) atoms. The summed E-state index contributed by atoms with van der Waals surface area (Å²) in [5, 5.41) is 0. The number of methoxy groups -OCH3 is 1. The third kappa shape index (κ3) is 2.33. The lowest BCUT2D eigenvalue weighted by atomic mass is 10.3. The van der Waals surface area contributed by atoms with E-state index in [0.717, 1.165) is 12.3 Å². The Morgan fingerprint density at radius 2 is 1.88 bits per heavy atom. The molecule has 1 aromatic carbocycles. The zero-order chi connectivity index (χ0) is 12.3. The fourth-order valence-electron chi connectivity index (χ4n) is 1.52. The van der Waals surface area contributed by atoms with Crippen molar-refractivity contribution < 1.29 is 9.47 Å². The van der Waals surface area contributed by atoms with E-state index in [1.165, 1.54) is 0 Å². The van der Waals surface area contributed by atoms with Crippen molar-refractivity contribution in [2.24, 2.45) is 0 Å². The van der Waals surface area contributed by atoms with Crippen molar-refractivity contribution in [1.82, 2.24) is 9.55 Å². The van der Waals surface area contributed by atoms with Gasteiger partial charge in [0.05, 0.1) is 13.3 Å². The number of rotatable bonds is 4. The predicted molar refractivity (Wildman–Crippen MR) is 65.4 cm³/mol. The van der Waals surface area contributed by atoms with Gasteiger partial charge in [0.1, 0.15) is 17.3 Å². The predicted octanol–water partition coefficient (Wildman–Crippen LogP) is 2.29. The number of nitrogen functional groups attached to an aromatic ring is 1. The fraction of sp³-hybridized carbons (Fsp3) is 0.250. The number of ether oxygens (including phenoxy) is 2. The summed E-state index contributed by atoms with van der Waals surface area (Å²) >= 11 is 0. The lowest BCUT2D eigenvalue weighted by Gasteiger charge is -2.08. The van der Waals surface area contributed by atoms with Crippen molar-refractivity contribution in [3.05, 3.63) is 30.5 Å². The molecule has 0 fully saturated rings. The number of benzene rings is 1. The molecule has 5 nitrogen and oxygen atoms in total. The van der Waals surface area contributed by atoms with Crippen LogP contribution in [0.2, 0.25) is 0 Å². The van der Waals surface area contributed by atoms with Gasteiger partial charge in [0.25, 0.3) is 0 Å². The Labute approximate surface area is 99.8 Å². The van der Waals surface area contributed by atoms with Crippen LogP contribution < -0.4 is 15.2 Å². The molecule has 1 aromatic heterocycles. The highest BCUT2D eigenvalue weighted by atomic mass is 16.5. The molecule has 0 spiro atoms. The van der Waals surface area contributed by atoms with Gasteiger partial charge in [-0.05, 0) is 31.2 Å². The van der Waals surface area contributed by atoms with Crippen LogP contribution in [-0.2, 0) is 6.54 Å². The molecule has 0 aliphatic rings. The SMILES string of the molecule is CCn1c(N)cnc1Oc1ccc(OC)cc1. The van der Waals surface area contributed by atoms with Gasteiger partial charge in [-0.15, -0.1) is 0 Å². The minimum absolute atomic E-state index is 0.496. The van der Waals surface area contributed by atoms with E-state index in [2.05, 4.69) is 4.98 Å². The van der Waals surface area contributed by atoms with Crippen LogP contribution in [0.1, 0.15) is 6.92 Å². The first-order valence-electron chi connectivity index (χ1n) is 5.37. The molecule has 0 radical (unpaired) electrons. The summed E-state index contributed by atoms with van der Waals surface area (Å²) in [5.74, 6) is 2.08. The van der Waals surface area contributed by atoms with Gasteiger partial charge in [0.2, 0.25) is 0 Å². The van der Waals surface area contributed by atoms with E-state index >= 15 is 0 Å². The van der Waals surface area contributed by atoms with Crippen LogP contribution in [0, 0.1) is 0 Å². The number of anilines is 1. The van der Waals surface area contributed by atoms with Gasteiger partial charge < -0.3 is 15.2 Å². The van der Waals surface area contributed by atoms with Crippen molar-refractivity contribution in [2.45, 2.75) is 13.5 Å². The van der Waals surface area contributed by atoms with Crippen LogP contribution in [0.25, 0.3) is 0 Å². The summed E-state index contributed by atoms with van der Waals surface area (Å²) in [6, 6.07) is 7.80. The Morgan fingerprint density at radius 1 is 1.24 bits per heavy atom. The van der Waals surface area contributed by atoms with E-state index in [-0.39, 0.29) is 0 Å². The first-order valence-corrected chi connectivity index (χ1v) is 5.37. The third-order valence-electron chi connectivity index (χ3n) is 2.43. The van der Waals surface area contributed by atoms with E-state index in [1.54, 1.807) is 17.9 Å². The average molecular weight is 233 g/mol. The quantitative estimate of drug-likeness (QED) is 0.880. The van der Waals surface area contributed by atoms with Crippen LogP contribution >= 0.6 is 0 Å². The van der Waals surface area contributed by atoms with Crippen molar-refractivity contribution in [2.75, 3.05) is 12.8 Å². The molecule has 0 saturated carbocycles. The molecule has 0 saturated heterocycles. The molecule has 2 N–H and O–H groups in total. The topological polar surface area (TPSA) is 62.3 Å². The highest BCUT2D eigenvalue weighted by Gasteiger charge is 2.08. The van der Waals surface area contributed by atoms with Crippen LogP contribution in [0.5, 0.6) is 17.5 Å². The summed E-state index contributed by atoms with van der Waals surface area (Å²) in [4.78, 5) is 4.11. The van der Waals surface area contributed by atoms with Gasteiger partial charge in [-0.3, -0.25) is 4.57 Å². The molecular formula is C12H15N3O2. The van der Waals surface area contributed by atoms with Gasteiger partial charge in [-0.25, -0.2) is 4.98 Å². The van der Waals surface area contributed by atoms with Gasteiger partial charge in [-0.2, -0.15) is 0 Å². The molecule has 90 valence electrons. The lowest BCUT2D eigenvalue weighted by Crippen LogP contribution is -2.02. The lowest BCUT2D eigenvalue weighted by molar-refractivity contribution is 0.405. The number of imidazole rings is 1. The standard InChI is InChI=1S/C12H15N3O2/c1-3-15-11(13)8-14-12(15)17-10-6-4-9(16-2)5-7-10/h4-8H,3,13H2,1-2H3. The molecule has 0 bridgehead atoms. The fourth-order valence-corrected chi connectivity index (χ4v) is 1.52. The van der Waals surface area contributed by atoms with Crippen molar-refractivity contribution >= 4 is 5.82 Å². The van der Waals surface area contributed by atoms with Gasteiger partial charge >= 0.3 is 6.01 Å². The highest BCUT2D eigenvalue weighted by molar-refractivity contribution is 5.35. The first-order chi connectivity index (χ1) is 8.24. The Balaban J connectivity index is 2.19.